The number of nitrogens with zero attached hydrogens (tertiary/aromatic N) is 2. The van der Waals surface area contributed by atoms with E-state index < -0.39 is 11.6 Å². The lowest BCUT2D eigenvalue weighted by molar-refractivity contribution is 0.408. The van der Waals surface area contributed by atoms with Gasteiger partial charge in [-0.05, 0) is 37.3 Å². The number of guanidine groups is 1. The molecule has 1 saturated carbocycles. The van der Waals surface area contributed by atoms with Crippen LogP contribution in [0.25, 0.3) is 0 Å². The van der Waals surface area contributed by atoms with Crippen molar-refractivity contribution in [2.24, 2.45) is 10.9 Å². The molecule has 1 aromatic carbocycles. The maximum atomic E-state index is 13.4. The molecule has 2 aliphatic rings. The van der Waals surface area contributed by atoms with Gasteiger partial charge in [0.2, 0.25) is 0 Å². The minimum atomic E-state index is -0.793. The zero-order valence-electron chi connectivity index (χ0n) is 14.9. The summed E-state index contributed by atoms with van der Waals surface area (Å²) in [6, 6.07) is 4.67. The molecule has 0 spiro atoms. The fourth-order valence-electron chi connectivity index (χ4n) is 3.79. The number of anilines is 1. The molecule has 4 nitrogen and oxygen atoms in total. The smallest absolute Gasteiger partial charge is 0.191 e. The fourth-order valence-corrected chi connectivity index (χ4v) is 3.79. The lowest BCUT2D eigenvalue weighted by Crippen LogP contribution is -2.45. The van der Waals surface area contributed by atoms with E-state index in [0.29, 0.717) is 12.0 Å². The minimum Gasteiger partial charge on any atom is -0.371 e. The average Bonchev–Trinajstić information content (AvgIpc) is 3.11. The Balaban J connectivity index is 1.46. The third kappa shape index (κ3) is 4.83. The summed E-state index contributed by atoms with van der Waals surface area (Å²) in [5, 5.41) is 6.95. The summed E-state index contributed by atoms with van der Waals surface area (Å²) in [6.07, 6.45) is 7.39. The highest BCUT2D eigenvalue weighted by Gasteiger charge is 2.24. The molecular formula is C19H28F2N4. The van der Waals surface area contributed by atoms with Gasteiger partial charge in [-0.1, -0.05) is 19.3 Å². The molecule has 1 atom stereocenters. The number of nitrogens with one attached hydrogen (secondary N) is 2. The van der Waals surface area contributed by atoms with Gasteiger partial charge in [0.15, 0.2) is 17.6 Å². The molecule has 0 aromatic heterocycles. The lowest BCUT2D eigenvalue weighted by Gasteiger charge is -2.25. The Kier molecular flexibility index (Phi) is 6.10. The first kappa shape index (κ1) is 18.0. The number of halogens is 2. The molecule has 3 rings (SSSR count). The summed E-state index contributed by atoms with van der Waals surface area (Å²) < 4.78 is 26.5. The molecule has 1 saturated heterocycles. The zero-order valence-corrected chi connectivity index (χ0v) is 14.9. The SMILES string of the molecule is CN=C(NCC1CCN(c2ccc(F)c(F)c2)C1)NC1CCCCC1. The standard InChI is InChI=1S/C19H28F2N4/c1-22-19(24-15-5-3-2-4-6-15)23-12-14-9-10-25(13-14)16-7-8-17(20)18(21)11-16/h7-8,11,14-15H,2-6,9-10,12-13H2,1H3,(H2,22,23,24). The Hall–Kier alpha value is -1.85. The van der Waals surface area contributed by atoms with Crippen LogP contribution in [-0.4, -0.2) is 38.7 Å². The van der Waals surface area contributed by atoms with Crippen LogP contribution in [0.5, 0.6) is 0 Å². The molecule has 1 aromatic rings. The van der Waals surface area contributed by atoms with Crippen LogP contribution in [0.1, 0.15) is 38.5 Å². The van der Waals surface area contributed by atoms with Gasteiger partial charge in [-0.2, -0.15) is 0 Å². The minimum absolute atomic E-state index is 0.470. The molecule has 1 unspecified atom stereocenters. The molecule has 6 heteroatoms. The lowest BCUT2D eigenvalue weighted by atomic mass is 9.96. The summed E-state index contributed by atoms with van der Waals surface area (Å²) >= 11 is 0. The highest BCUT2D eigenvalue weighted by atomic mass is 19.2. The first-order valence-electron chi connectivity index (χ1n) is 9.33. The van der Waals surface area contributed by atoms with Crippen molar-refractivity contribution in [3.05, 3.63) is 29.8 Å². The second-order valence-electron chi connectivity index (χ2n) is 7.13. The maximum Gasteiger partial charge on any atom is 0.191 e. The Labute approximate surface area is 148 Å². The van der Waals surface area contributed by atoms with Crippen LogP contribution in [0.15, 0.2) is 23.2 Å². The molecule has 0 radical (unpaired) electrons. The van der Waals surface area contributed by atoms with Crippen molar-refractivity contribution in [1.82, 2.24) is 10.6 Å². The summed E-state index contributed by atoms with van der Waals surface area (Å²) in [7, 11) is 1.81. The molecule has 138 valence electrons. The predicted molar refractivity (Wildman–Crippen MR) is 98.0 cm³/mol. The van der Waals surface area contributed by atoms with E-state index in [1.54, 1.807) is 13.1 Å². The van der Waals surface area contributed by atoms with Gasteiger partial charge in [0, 0.05) is 44.5 Å². The highest BCUT2D eigenvalue weighted by Crippen LogP contribution is 2.25. The van der Waals surface area contributed by atoms with Gasteiger partial charge in [0.05, 0.1) is 0 Å². The summed E-state index contributed by atoms with van der Waals surface area (Å²) in [5.41, 5.74) is 0.756. The van der Waals surface area contributed by atoms with Crippen LogP contribution in [0.2, 0.25) is 0 Å². The Morgan fingerprint density at radius 1 is 1.16 bits per heavy atom. The third-order valence-corrected chi connectivity index (χ3v) is 5.28. The molecule has 25 heavy (non-hydrogen) atoms. The van der Waals surface area contributed by atoms with Crippen LogP contribution in [-0.2, 0) is 0 Å². The molecule has 1 aliphatic heterocycles. The van der Waals surface area contributed by atoms with Crippen molar-refractivity contribution in [1.29, 1.82) is 0 Å². The molecule has 2 fully saturated rings. The average molecular weight is 350 g/mol. The number of hydrogen-bond donors (Lipinski definition) is 2. The second kappa shape index (κ2) is 8.50. The van der Waals surface area contributed by atoms with Crippen molar-refractivity contribution >= 4 is 11.6 Å². The largest absolute Gasteiger partial charge is 0.371 e. The molecule has 0 amide bonds. The van der Waals surface area contributed by atoms with Gasteiger partial charge in [0.25, 0.3) is 0 Å². The van der Waals surface area contributed by atoms with Crippen molar-refractivity contribution in [3.63, 3.8) is 0 Å². The first-order chi connectivity index (χ1) is 12.2. The number of aliphatic imine (C=N–C) groups is 1. The fraction of sp³-hybridized carbons (Fsp3) is 0.632. The zero-order chi connectivity index (χ0) is 17.6. The van der Waals surface area contributed by atoms with E-state index in [1.807, 2.05) is 0 Å². The van der Waals surface area contributed by atoms with Gasteiger partial charge in [0.1, 0.15) is 0 Å². The summed E-state index contributed by atoms with van der Waals surface area (Å²) in [5.74, 6) is -0.230. The van der Waals surface area contributed by atoms with E-state index in [9.17, 15) is 8.78 Å². The Bertz CT molecular complexity index is 599. The predicted octanol–water partition coefficient (Wildman–Crippen LogP) is 3.29. The summed E-state index contributed by atoms with van der Waals surface area (Å²) in [6.45, 7) is 2.55. The normalized spacial score (nSPS) is 22.3. The van der Waals surface area contributed by atoms with Gasteiger partial charge < -0.3 is 15.5 Å². The molecule has 1 aliphatic carbocycles. The molecular weight excluding hydrogens is 322 g/mol. The summed E-state index contributed by atoms with van der Waals surface area (Å²) in [4.78, 5) is 6.45. The van der Waals surface area contributed by atoms with Crippen molar-refractivity contribution in [2.45, 2.75) is 44.6 Å². The quantitative estimate of drug-likeness (QED) is 0.647. The van der Waals surface area contributed by atoms with E-state index in [0.717, 1.165) is 37.7 Å². The first-order valence-corrected chi connectivity index (χ1v) is 9.33. The maximum absolute atomic E-state index is 13.4. The van der Waals surface area contributed by atoms with Crippen LogP contribution < -0.4 is 15.5 Å². The van der Waals surface area contributed by atoms with Gasteiger partial charge >= 0.3 is 0 Å². The number of hydrogen-bond acceptors (Lipinski definition) is 2. The second-order valence-corrected chi connectivity index (χ2v) is 7.13. The van der Waals surface area contributed by atoms with Crippen molar-refractivity contribution in [2.75, 3.05) is 31.6 Å². The number of benzene rings is 1. The van der Waals surface area contributed by atoms with Crippen LogP contribution in [0, 0.1) is 17.6 Å². The van der Waals surface area contributed by atoms with Gasteiger partial charge in [-0.15, -0.1) is 0 Å². The van der Waals surface area contributed by atoms with Crippen LogP contribution in [0.4, 0.5) is 14.5 Å². The highest BCUT2D eigenvalue weighted by molar-refractivity contribution is 5.80. The van der Waals surface area contributed by atoms with E-state index in [2.05, 4.69) is 20.5 Å². The van der Waals surface area contributed by atoms with E-state index in [4.69, 9.17) is 0 Å². The third-order valence-electron chi connectivity index (χ3n) is 5.28. The number of rotatable bonds is 4. The topological polar surface area (TPSA) is 39.7 Å². The van der Waals surface area contributed by atoms with Crippen molar-refractivity contribution < 1.29 is 8.78 Å². The van der Waals surface area contributed by atoms with E-state index in [1.165, 1.54) is 44.2 Å². The van der Waals surface area contributed by atoms with Crippen LogP contribution in [0.3, 0.4) is 0 Å². The monoisotopic (exact) mass is 350 g/mol. The Morgan fingerprint density at radius 2 is 1.96 bits per heavy atom. The molecule has 2 N–H and O–H groups in total. The molecule has 0 bridgehead atoms. The van der Waals surface area contributed by atoms with Gasteiger partial charge in [-0.25, -0.2) is 8.78 Å². The Morgan fingerprint density at radius 3 is 2.68 bits per heavy atom. The van der Waals surface area contributed by atoms with E-state index in [-0.39, 0.29) is 0 Å². The van der Waals surface area contributed by atoms with Crippen LogP contribution >= 0.6 is 0 Å². The van der Waals surface area contributed by atoms with Gasteiger partial charge in [-0.3, -0.25) is 4.99 Å². The molecule has 1 heterocycles. The van der Waals surface area contributed by atoms with Crippen molar-refractivity contribution in [3.8, 4) is 0 Å². The van der Waals surface area contributed by atoms with E-state index >= 15 is 0 Å².